The number of pyridine rings is 4. The first kappa shape index (κ1) is 73.8. The molecule has 1 aliphatic heterocycles. The Morgan fingerprint density at radius 1 is 0.582 bits per heavy atom. The number of sulfonamides is 2. The number of amides is 2. The number of carbonyl (C=O) groups is 2. The summed E-state index contributed by atoms with van der Waals surface area (Å²) in [6.45, 7) is 7.58. The molecule has 0 spiro atoms. The normalized spacial score (nSPS) is 13.2. The maximum atomic E-state index is 13.7. The molecule has 1 fully saturated rings. The molecule has 29 heteroatoms. The fraction of sp³-hybridized carbons (Fsp3) is 0.217. The summed E-state index contributed by atoms with van der Waals surface area (Å²) >= 11 is 6.66. The zero-order valence-corrected chi connectivity index (χ0v) is 61.4. The van der Waals surface area contributed by atoms with Crippen LogP contribution < -0.4 is 34.2 Å². The number of aromatic nitrogens is 4. The van der Waals surface area contributed by atoms with Crippen molar-refractivity contribution in [3.05, 3.63) is 174 Å². The predicted octanol–water partition coefficient (Wildman–Crippen LogP) is 15.0. The Labute approximate surface area is 599 Å². The number of furan rings is 2. The number of hydrogen-bond donors (Lipinski definition) is 2. The van der Waals surface area contributed by atoms with Crippen molar-refractivity contribution >= 4 is 161 Å². The average molecular weight is 1580 g/mol. The third-order valence-electron chi connectivity index (χ3n) is 16.5. The maximum absolute atomic E-state index is 13.7. The number of fused-ring (bicyclic) bond motifs is 4. The first-order valence-corrected chi connectivity index (χ1v) is 35.5. The lowest BCUT2D eigenvalue weighted by atomic mass is 9.77. The van der Waals surface area contributed by atoms with Gasteiger partial charge in [-0.1, -0.05) is 7.43 Å². The van der Waals surface area contributed by atoms with E-state index in [0.29, 0.717) is 67.2 Å². The van der Waals surface area contributed by atoms with Gasteiger partial charge >= 0.3 is 7.12 Å². The number of nitrogens with one attached hydrogen (secondary N) is 2. The molecule has 0 aliphatic carbocycles. The number of nitrogens with zero attached hydrogens (tertiary/aromatic N) is 6. The fourth-order valence-electron chi connectivity index (χ4n) is 10.6. The second-order valence-electron chi connectivity index (χ2n) is 23.1. The van der Waals surface area contributed by atoms with E-state index in [1.807, 2.05) is 64.2 Å². The van der Waals surface area contributed by atoms with Crippen molar-refractivity contribution in [2.24, 2.45) is 0 Å². The lowest BCUT2D eigenvalue weighted by molar-refractivity contribution is 0.00578. The summed E-state index contributed by atoms with van der Waals surface area (Å²) in [5.74, 6) is -0.184. The third kappa shape index (κ3) is 14.8. The van der Waals surface area contributed by atoms with Gasteiger partial charge in [0.25, 0.3) is 11.8 Å². The lowest BCUT2D eigenvalue weighted by Gasteiger charge is -2.32. The number of benzene rings is 4. The second kappa shape index (κ2) is 29.2. The number of thiophene rings is 2. The number of hydrogen-bond acceptors (Lipinski definition) is 18. The highest BCUT2D eigenvalue weighted by molar-refractivity contribution is 14.0. The van der Waals surface area contributed by atoms with Crippen molar-refractivity contribution in [2.75, 3.05) is 63.5 Å². The molecule has 1 saturated heterocycles. The summed E-state index contributed by atoms with van der Waals surface area (Å²) in [4.78, 5) is 45.3. The standard InChI is InChI=1S/C31H25FN4O5S2.C24H28BFN2O6S.C13H9BrN2OS.CH4.HI/c1-33-30(37)28-22-13-21(19-11-23(31(40-3)35-15-19)26-12-18-9-10-34-16-27(18)42-26)24(36(2)43(4,38)39)14-25(22)41-29(28)17-5-7-20(32)8-6-17;1-23(2)24(3,4)34-25(33-23)17-12-16-19(13-18(17)28(6)35(7,30)31)32-21(20(16)22(29)27-5)14-8-10-15(26)11-9-14;1-17-13-10(5-9(14)6-16-13)11-4-8-2-3-15-7-12(8)18-11;;/h5-16H,1-4H3,(H,33,37);8-13H,1-7H3,(H,27,29);2-7H,1H3;1H4;1H. The van der Waals surface area contributed by atoms with Crippen LogP contribution in [0, 0.1) is 11.6 Å². The largest absolute Gasteiger partial charge is 0.497 e. The first-order valence-electron chi connectivity index (χ1n) is 29.3. The van der Waals surface area contributed by atoms with E-state index in [2.05, 4.69) is 52.6 Å². The highest BCUT2D eigenvalue weighted by Crippen LogP contribution is 2.46. The molecule has 0 bridgehead atoms. The fourth-order valence-corrected chi connectivity index (χ4v) is 14.0. The minimum atomic E-state index is -3.71. The van der Waals surface area contributed by atoms with Gasteiger partial charge in [0.1, 0.15) is 34.3 Å². The Morgan fingerprint density at radius 2 is 1.01 bits per heavy atom. The van der Waals surface area contributed by atoms with Crippen molar-refractivity contribution in [1.82, 2.24) is 30.6 Å². The Bertz CT molecular complexity index is 5170. The Kier molecular flexibility index (Phi) is 22.0. The van der Waals surface area contributed by atoms with E-state index < -0.39 is 61.8 Å². The third-order valence-corrected chi connectivity index (χ3v) is 21.5. The molecule has 12 aromatic rings. The molecule has 4 aromatic carbocycles. The summed E-state index contributed by atoms with van der Waals surface area (Å²) < 4.78 is 119. The molecule has 0 atom stereocenters. The highest BCUT2D eigenvalue weighted by Gasteiger charge is 2.53. The van der Waals surface area contributed by atoms with Crippen LogP contribution in [0.3, 0.4) is 0 Å². The van der Waals surface area contributed by atoms with Gasteiger partial charge in [-0.05, 0) is 151 Å². The minimum Gasteiger partial charge on any atom is -0.481 e. The zero-order valence-electron chi connectivity index (χ0n) is 54.2. The number of halogens is 4. The number of methoxy groups -OCH3 is 2. The number of rotatable bonds is 14. The summed E-state index contributed by atoms with van der Waals surface area (Å²) in [5, 5.41) is 8.36. The summed E-state index contributed by atoms with van der Waals surface area (Å²) in [5.41, 5.74) is 4.51. The van der Waals surface area contributed by atoms with Crippen LogP contribution >= 0.6 is 62.6 Å². The van der Waals surface area contributed by atoms with Gasteiger partial charge < -0.3 is 38.3 Å². The number of carbonyl (C=O) groups excluding carboxylic acids is 2. The van der Waals surface area contributed by atoms with Gasteiger partial charge in [0.05, 0.1) is 81.0 Å². The minimum absolute atomic E-state index is 0. The van der Waals surface area contributed by atoms with Gasteiger partial charge in [-0.15, -0.1) is 46.7 Å². The maximum Gasteiger partial charge on any atom is 0.497 e. The summed E-state index contributed by atoms with van der Waals surface area (Å²) in [7, 11) is 0.776. The Morgan fingerprint density at radius 3 is 1.45 bits per heavy atom. The van der Waals surface area contributed by atoms with Crippen LogP contribution in [-0.4, -0.2) is 122 Å². The van der Waals surface area contributed by atoms with Crippen LogP contribution in [0.5, 0.6) is 11.8 Å². The van der Waals surface area contributed by atoms with E-state index >= 15 is 0 Å². The van der Waals surface area contributed by atoms with Crippen LogP contribution in [0.2, 0.25) is 0 Å². The van der Waals surface area contributed by atoms with E-state index in [0.717, 1.165) is 55.7 Å². The van der Waals surface area contributed by atoms with Crippen LogP contribution in [0.4, 0.5) is 20.2 Å². The molecular weight excluding hydrogens is 1520 g/mol. The van der Waals surface area contributed by atoms with Crippen molar-refractivity contribution in [3.8, 4) is 66.4 Å². The molecular formula is C69H67BBrF2IN8O12S4. The van der Waals surface area contributed by atoms with E-state index in [9.17, 15) is 35.2 Å². The molecule has 0 saturated carbocycles. The molecule has 2 N–H and O–H groups in total. The van der Waals surface area contributed by atoms with Gasteiger partial charge in [0.15, 0.2) is 0 Å². The van der Waals surface area contributed by atoms with E-state index in [1.165, 1.54) is 101 Å². The van der Waals surface area contributed by atoms with Gasteiger partial charge in [-0.3, -0.25) is 28.2 Å². The molecule has 2 amide bonds. The van der Waals surface area contributed by atoms with Crippen LogP contribution in [0.15, 0.2) is 160 Å². The van der Waals surface area contributed by atoms with E-state index in [1.54, 1.807) is 73.7 Å². The Balaban J connectivity index is 0.000000183. The second-order valence-corrected chi connectivity index (χ2v) is 30.3. The van der Waals surface area contributed by atoms with Crippen molar-refractivity contribution in [2.45, 2.75) is 46.3 Å². The predicted molar refractivity (Wildman–Crippen MR) is 400 cm³/mol. The average Bonchev–Trinajstić information content (AvgIpc) is 1.66. The molecule has 98 heavy (non-hydrogen) atoms. The molecule has 0 unspecified atom stereocenters. The smallest absolute Gasteiger partial charge is 0.481 e. The number of ether oxygens (including phenoxy) is 2. The lowest BCUT2D eigenvalue weighted by Crippen LogP contribution is -2.41. The van der Waals surface area contributed by atoms with Crippen LogP contribution in [0.25, 0.3) is 96.8 Å². The van der Waals surface area contributed by atoms with Gasteiger partial charge in [0.2, 0.25) is 31.8 Å². The molecule has 0 radical (unpaired) electrons. The van der Waals surface area contributed by atoms with Crippen molar-refractivity contribution in [3.63, 3.8) is 0 Å². The van der Waals surface area contributed by atoms with Gasteiger partial charge in [-0.25, -0.2) is 35.6 Å². The molecule has 1 aliphatic rings. The number of anilines is 2. The molecule has 20 nitrogen and oxygen atoms in total. The van der Waals surface area contributed by atoms with Gasteiger partial charge in [0, 0.05) is 130 Å². The van der Waals surface area contributed by atoms with Crippen molar-refractivity contribution < 1.29 is 62.8 Å². The topological polar surface area (TPSA) is 248 Å². The molecule has 510 valence electrons. The highest BCUT2D eigenvalue weighted by atomic mass is 127. The van der Waals surface area contributed by atoms with Gasteiger partial charge in [-0.2, -0.15) is 0 Å². The molecule has 13 rings (SSSR count). The quantitative estimate of drug-likeness (QED) is 0.0759. The molecule has 9 heterocycles. The summed E-state index contributed by atoms with van der Waals surface area (Å²) in [6.07, 6.45) is 12.7. The monoisotopic (exact) mass is 1580 g/mol. The first-order chi connectivity index (χ1) is 45.5. The van der Waals surface area contributed by atoms with E-state index in [4.69, 9.17) is 27.6 Å². The van der Waals surface area contributed by atoms with Crippen molar-refractivity contribution in [1.29, 1.82) is 0 Å². The molecule has 8 aromatic heterocycles. The zero-order chi connectivity index (χ0) is 68.9. The van der Waals surface area contributed by atoms with Crippen LogP contribution in [0.1, 0.15) is 55.8 Å². The Hall–Kier alpha value is -8.43. The summed E-state index contributed by atoms with van der Waals surface area (Å²) in [6, 6.07) is 29.7. The van der Waals surface area contributed by atoms with E-state index in [-0.39, 0.29) is 65.2 Å². The SMILES string of the molecule is C.CNC(=O)c1c(-c2ccc(F)cc2)oc2cc(N(C)S(C)(=O)=O)c(-c3cnc(OC)c(-c4cc5ccncc5s4)c3)cc12.CNC(=O)c1c(-c2ccc(F)cc2)oc2cc(N(C)S(C)(=O)=O)c(B3OC(C)(C)C(C)(C)O3)cc12.COc1ncc(Br)cc1-c1cc2ccncc2s1.I. The van der Waals surface area contributed by atoms with Crippen LogP contribution in [-0.2, 0) is 29.4 Å².